The summed E-state index contributed by atoms with van der Waals surface area (Å²) in [5.74, 6) is -0.372. The predicted molar refractivity (Wildman–Crippen MR) is 76.0 cm³/mol. The number of hydrogen-bond donors (Lipinski definition) is 3. The smallest absolute Gasteiger partial charge is 0.239 e. The van der Waals surface area contributed by atoms with Gasteiger partial charge in [-0.1, -0.05) is 24.4 Å². The van der Waals surface area contributed by atoms with Gasteiger partial charge in [-0.2, -0.15) is 0 Å². The van der Waals surface area contributed by atoms with Gasteiger partial charge in [-0.15, -0.1) is 0 Å². The third-order valence-electron chi connectivity index (χ3n) is 2.16. The van der Waals surface area contributed by atoms with Crippen molar-refractivity contribution in [2.45, 2.75) is 12.8 Å². The summed E-state index contributed by atoms with van der Waals surface area (Å²) in [6.07, 6.45) is 1.34. The first-order chi connectivity index (χ1) is 8.43. The number of aliphatic hydroxyl groups excluding tert-OH is 1. The molecular weight excluding hydrogens is 272 g/mol. The van der Waals surface area contributed by atoms with Crippen LogP contribution in [0.3, 0.4) is 0 Å². The topological polar surface area (TPSA) is 92.4 Å². The van der Waals surface area contributed by atoms with E-state index in [9.17, 15) is 8.42 Å². The second kappa shape index (κ2) is 6.67. The molecule has 0 saturated carbocycles. The molecule has 0 aliphatic heterocycles. The molecule has 5 nitrogen and oxygen atoms in total. The van der Waals surface area contributed by atoms with Gasteiger partial charge in [0.1, 0.15) is 5.75 Å². The van der Waals surface area contributed by atoms with Crippen molar-refractivity contribution in [1.82, 2.24) is 0 Å². The van der Waals surface area contributed by atoms with Crippen LogP contribution in [-0.2, 0) is 16.4 Å². The van der Waals surface area contributed by atoms with E-state index in [-0.39, 0.29) is 17.3 Å². The van der Waals surface area contributed by atoms with E-state index in [2.05, 4.69) is 16.9 Å². The molecule has 0 bridgehead atoms. The number of hydrogen-bond acceptors (Lipinski definition) is 4. The van der Waals surface area contributed by atoms with Crippen LogP contribution in [0.25, 0.3) is 0 Å². The molecule has 0 spiro atoms. The molecule has 0 fully saturated rings. The molecule has 0 atom stereocenters. The number of thiocarbonyl (C=S) groups is 1. The van der Waals surface area contributed by atoms with Gasteiger partial charge in [-0.05, 0) is 30.5 Å². The van der Waals surface area contributed by atoms with Crippen LogP contribution in [0.5, 0.6) is 0 Å². The fourth-order valence-corrected chi connectivity index (χ4v) is 2.87. The highest BCUT2D eigenvalue weighted by atomic mass is 32.2. The molecule has 4 N–H and O–H groups in total. The summed E-state index contributed by atoms with van der Waals surface area (Å²) < 4.78 is 25.6. The molecule has 0 heterocycles. The van der Waals surface area contributed by atoms with E-state index in [1.807, 2.05) is 6.07 Å². The highest BCUT2D eigenvalue weighted by molar-refractivity contribution is 7.95. The van der Waals surface area contributed by atoms with E-state index in [1.165, 1.54) is 0 Å². The van der Waals surface area contributed by atoms with Crippen molar-refractivity contribution < 1.29 is 13.5 Å². The maximum Gasteiger partial charge on any atom is 0.239 e. The van der Waals surface area contributed by atoms with Crippen molar-refractivity contribution in [2.24, 2.45) is 5.73 Å². The van der Waals surface area contributed by atoms with Crippen LogP contribution in [-0.4, -0.2) is 30.9 Å². The molecule has 0 amide bonds. The average Bonchev–Trinajstić information content (AvgIpc) is 2.24. The zero-order valence-corrected chi connectivity index (χ0v) is 11.4. The number of nitrogens with two attached hydrogens (primary N) is 1. The number of nitrogens with one attached hydrogen (secondary N) is 1. The standard InChI is InChI=1S/C11H16N2O3S2/c12-11(17)8-18(15,16)13-10-5-1-3-9(7-10)4-2-6-14/h1,3,5,7,13-14H,2,4,6,8H2,(H2,12,17). The molecule has 1 aromatic rings. The van der Waals surface area contributed by atoms with E-state index in [0.717, 1.165) is 5.56 Å². The number of sulfonamides is 1. The van der Waals surface area contributed by atoms with Crippen LogP contribution in [0.15, 0.2) is 24.3 Å². The maximum atomic E-state index is 11.6. The van der Waals surface area contributed by atoms with Crippen molar-refractivity contribution in [1.29, 1.82) is 0 Å². The van der Waals surface area contributed by atoms with E-state index in [0.29, 0.717) is 18.5 Å². The van der Waals surface area contributed by atoms with Crippen molar-refractivity contribution >= 4 is 32.9 Å². The Bertz CT molecular complexity index is 515. The third-order valence-corrected chi connectivity index (χ3v) is 3.72. The first-order valence-electron chi connectivity index (χ1n) is 5.41. The lowest BCUT2D eigenvalue weighted by Crippen LogP contribution is -2.26. The maximum absolute atomic E-state index is 11.6. The number of benzene rings is 1. The predicted octanol–water partition coefficient (Wildman–Crippen LogP) is 0.639. The number of anilines is 1. The molecule has 0 radical (unpaired) electrons. The number of rotatable bonds is 7. The second-order valence-electron chi connectivity index (χ2n) is 3.85. The summed E-state index contributed by atoms with van der Waals surface area (Å²) >= 11 is 4.57. The summed E-state index contributed by atoms with van der Waals surface area (Å²) in [5.41, 5.74) is 6.64. The van der Waals surface area contributed by atoms with Gasteiger partial charge in [-0.25, -0.2) is 8.42 Å². The van der Waals surface area contributed by atoms with Gasteiger partial charge in [0.05, 0.1) is 4.99 Å². The molecule has 0 aliphatic carbocycles. The summed E-state index contributed by atoms with van der Waals surface area (Å²) in [5, 5.41) is 8.74. The summed E-state index contributed by atoms with van der Waals surface area (Å²) in [7, 11) is -3.54. The second-order valence-corrected chi connectivity index (χ2v) is 6.10. The van der Waals surface area contributed by atoms with Gasteiger partial charge in [0.15, 0.2) is 0 Å². The van der Waals surface area contributed by atoms with Crippen molar-refractivity contribution in [3.8, 4) is 0 Å². The van der Waals surface area contributed by atoms with Gasteiger partial charge in [0.2, 0.25) is 10.0 Å². The Morgan fingerprint density at radius 3 is 2.78 bits per heavy atom. The minimum Gasteiger partial charge on any atom is -0.396 e. The van der Waals surface area contributed by atoms with Crippen LogP contribution in [0, 0.1) is 0 Å². The highest BCUT2D eigenvalue weighted by Crippen LogP contribution is 2.13. The van der Waals surface area contributed by atoms with Crippen LogP contribution in [0.2, 0.25) is 0 Å². The minimum absolute atomic E-state index is 0.0704. The van der Waals surface area contributed by atoms with E-state index in [4.69, 9.17) is 10.8 Å². The Kier molecular flexibility index (Phi) is 5.52. The first kappa shape index (κ1) is 14.9. The Morgan fingerprint density at radius 1 is 1.44 bits per heavy atom. The zero-order valence-electron chi connectivity index (χ0n) is 9.80. The fourth-order valence-electron chi connectivity index (χ4n) is 1.48. The zero-order chi connectivity index (χ0) is 13.6. The lowest BCUT2D eigenvalue weighted by molar-refractivity contribution is 0.288. The minimum atomic E-state index is -3.54. The Balaban J connectivity index is 2.75. The van der Waals surface area contributed by atoms with Crippen molar-refractivity contribution in [3.05, 3.63) is 29.8 Å². The molecule has 0 aliphatic rings. The summed E-state index contributed by atoms with van der Waals surface area (Å²) in [6, 6.07) is 7.01. The largest absolute Gasteiger partial charge is 0.396 e. The van der Waals surface area contributed by atoms with Gasteiger partial charge in [0, 0.05) is 12.3 Å². The lowest BCUT2D eigenvalue weighted by atomic mass is 10.1. The lowest BCUT2D eigenvalue weighted by Gasteiger charge is -2.08. The van der Waals surface area contributed by atoms with Gasteiger partial charge in [0.25, 0.3) is 0 Å². The highest BCUT2D eigenvalue weighted by Gasteiger charge is 2.11. The molecule has 100 valence electrons. The molecule has 7 heteroatoms. The molecule has 18 heavy (non-hydrogen) atoms. The van der Waals surface area contributed by atoms with Crippen LogP contribution in [0.4, 0.5) is 5.69 Å². The monoisotopic (exact) mass is 288 g/mol. The normalized spacial score (nSPS) is 11.2. The summed E-state index contributed by atoms with van der Waals surface area (Å²) in [6.45, 7) is 0.109. The molecule has 0 unspecified atom stereocenters. The number of aliphatic hydroxyl groups is 1. The third kappa shape index (κ3) is 5.44. The quantitative estimate of drug-likeness (QED) is 0.640. The van der Waals surface area contributed by atoms with Crippen LogP contribution in [0.1, 0.15) is 12.0 Å². The SMILES string of the molecule is NC(=S)CS(=O)(=O)Nc1cccc(CCCO)c1. The molecule has 1 rings (SSSR count). The van der Waals surface area contributed by atoms with Crippen molar-refractivity contribution in [3.63, 3.8) is 0 Å². The molecule has 0 saturated heterocycles. The molecule has 1 aromatic carbocycles. The Morgan fingerprint density at radius 2 is 2.17 bits per heavy atom. The fraction of sp³-hybridized carbons (Fsp3) is 0.364. The molecule has 0 aromatic heterocycles. The van der Waals surface area contributed by atoms with E-state index >= 15 is 0 Å². The molecular formula is C11H16N2O3S2. The van der Waals surface area contributed by atoms with E-state index < -0.39 is 10.0 Å². The van der Waals surface area contributed by atoms with Crippen LogP contribution >= 0.6 is 12.2 Å². The number of aryl methyl sites for hydroxylation is 1. The Labute approximate surface area is 112 Å². The Hall–Kier alpha value is -1.18. The van der Waals surface area contributed by atoms with Gasteiger partial charge >= 0.3 is 0 Å². The van der Waals surface area contributed by atoms with Gasteiger partial charge in [-0.3, -0.25) is 4.72 Å². The van der Waals surface area contributed by atoms with Crippen LogP contribution < -0.4 is 10.5 Å². The van der Waals surface area contributed by atoms with E-state index in [1.54, 1.807) is 18.2 Å². The van der Waals surface area contributed by atoms with Gasteiger partial charge < -0.3 is 10.8 Å². The average molecular weight is 288 g/mol. The summed E-state index contributed by atoms with van der Waals surface area (Å²) in [4.78, 5) is -0.0704. The first-order valence-corrected chi connectivity index (χ1v) is 7.47. The van der Waals surface area contributed by atoms with Crippen molar-refractivity contribution in [2.75, 3.05) is 17.1 Å².